The Bertz CT molecular complexity index is 3610. The lowest BCUT2D eigenvalue weighted by Gasteiger charge is -2.42. The Labute approximate surface area is 430 Å². The molecule has 10 aromatic carbocycles. The monoisotopic (exact) mass is 947 g/mol. The van der Waals surface area contributed by atoms with Gasteiger partial charge in [-0.2, -0.15) is 4.98 Å². The summed E-state index contributed by atoms with van der Waals surface area (Å²) in [5.74, 6) is 2.56. The average Bonchev–Trinajstić information content (AvgIpc) is 3.46. The van der Waals surface area contributed by atoms with Crippen LogP contribution in [-0.4, -0.2) is 18.4 Å². The van der Waals surface area contributed by atoms with Crippen LogP contribution in [0.2, 0.25) is 0 Å². The van der Waals surface area contributed by atoms with Crippen molar-refractivity contribution in [2.45, 2.75) is 0 Å². The largest absolute Gasteiger partial charge is 0.440 e. The van der Waals surface area contributed by atoms with E-state index in [4.69, 9.17) is 14.5 Å². The minimum Gasteiger partial charge on any atom is -0.440 e. The van der Waals surface area contributed by atoms with Gasteiger partial charge in [-0.3, -0.25) is 0 Å². The van der Waals surface area contributed by atoms with E-state index in [-0.39, 0.29) is 13.4 Å². The number of pyridine rings is 1. The quantitative estimate of drug-likeness (QED) is 0.141. The molecule has 15 rings (SSSR count). The van der Waals surface area contributed by atoms with E-state index in [1.807, 2.05) is 0 Å². The summed E-state index contributed by atoms with van der Waals surface area (Å²) in [6.45, 7) is -0.413. The third-order valence-electron chi connectivity index (χ3n) is 14.9. The summed E-state index contributed by atoms with van der Waals surface area (Å²) in [6.07, 6.45) is 0. The fourth-order valence-corrected chi connectivity index (χ4v) is 11.9. The van der Waals surface area contributed by atoms with Gasteiger partial charge in [-0.05, 0) is 130 Å². The number of ether oxygens (including phenoxy) is 2. The highest BCUT2D eigenvalue weighted by Gasteiger charge is 2.48. The zero-order chi connectivity index (χ0) is 48.7. The first-order valence-electron chi connectivity index (χ1n) is 25.2. The van der Waals surface area contributed by atoms with E-state index in [1.165, 1.54) is 10.9 Å². The Balaban J connectivity index is 0.968. The molecular formula is C65H43B2N5O2. The van der Waals surface area contributed by atoms with Gasteiger partial charge in [0, 0.05) is 69.0 Å². The summed E-state index contributed by atoms with van der Waals surface area (Å²) in [5.41, 5.74) is 19.1. The molecule has 5 heterocycles. The second-order valence-electron chi connectivity index (χ2n) is 19.1. The highest BCUT2D eigenvalue weighted by Crippen LogP contribution is 2.48. The zero-order valence-electron chi connectivity index (χ0n) is 40.0. The maximum Gasteiger partial charge on any atom is 0.258 e. The molecule has 0 radical (unpaired) electrons. The molecule has 0 bridgehead atoms. The molecule has 346 valence electrons. The summed E-state index contributed by atoms with van der Waals surface area (Å²) in [6, 6.07) is 92.6. The van der Waals surface area contributed by atoms with Crippen LogP contribution in [0.15, 0.2) is 261 Å². The standard InChI is InChI=1S/C65H43B2N5O2/c1-7-23-44(24-8-1)69(45-25-9-2-10-26-45)50-39-58-62-60(41-50)73-64-54(66(62)52-35-19-21-37-56(52)71(58)48-31-15-5-16-32-48)43-55-65(68-64)74-61-42-51(70(46-27-11-3-12-28-46)47-29-13-4-14-30-47)40-59-63(61)67(55)53-36-20-22-38-57(53)72(59)49-33-17-6-18-34-49/h1-43H. The first-order chi connectivity index (χ1) is 36.7. The molecule has 0 unspecified atom stereocenters. The Hall–Kier alpha value is -9.72. The molecule has 0 saturated heterocycles. The number of hydrogen-bond acceptors (Lipinski definition) is 7. The van der Waals surface area contributed by atoms with Crippen molar-refractivity contribution < 1.29 is 9.47 Å². The highest BCUT2D eigenvalue weighted by molar-refractivity contribution is 7.02. The predicted molar refractivity (Wildman–Crippen MR) is 305 cm³/mol. The fraction of sp³-hybridized carbons (Fsp3) is 0. The molecule has 0 saturated carbocycles. The van der Waals surface area contributed by atoms with Gasteiger partial charge in [-0.25, -0.2) is 0 Å². The maximum atomic E-state index is 7.31. The van der Waals surface area contributed by atoms with Gasteiger partial charge in [0.15, 0.2) is 0 Å². The van der Waals surface area contributed by atoms with Crippen molar-refractivity contribution in [2.75, 3.05) is 19.6 Å². The summed E-state index contributed by atoms with van der Waals surface area (Å²) < 4.78 is 14.6. The summed E-state index contributed by atoms with van der Waals surface area (Å²) in [5, 5.41) is 0. The SMILES string of the molecule is c1ccc(N(c2ccccc2)c2cc3c4c(c2)N(c2ccccc2)c2ccccc2B4c2cc4c(nc2O3)Oc2cc(N(c3ccccc3)c3ccccc3)cc3c2B4c2ccccc2N3c2ccccc2)cc1. The molecule has 11 aromatic rings. The number of para-hydroxylation sites is 8. The fourth-order valence-electron chi connectivity index (χ4n) is 11.9. The number of rotatable bonds is 8. The second-order valence-corrected chi connectivity index (χ2v) is 19.1. The van der Waals surface area contributed by atoms with Crippen LogP contribution < -0.4 is 61.9 Å². The first-order valence-corrected chi connectivity index (χ1v) is 25.2. The highest BCUT2D eigenvalue weighted by atomic mass is 16.5. The van der Waals surface area contributed by atoms with Crippen LogP contribution >= 0.6 is 0 Å². The van der Waals surface area contributed by atoms with Gasteiger partial charge in [-0.15, -0.1) is 0 Å². The van der Waals surface area contributed by atoms with E-state index >= 15 is 0 Å². The molecule has 9 heteroatoms. The lowest BCUT2D eigenvalue weighted by atomic mass is 9.31. The molecular weight excluding hydrogens is 904 g/mol. The van der Waals surface area contributed by atoms with Crippen molar-refractivity contribution >= 4 is 114 Å². The smallest absolute Gasteiger partial charge is 0.258 e. The van der Waals surface area contributed by atoms with E-state index in [2.05, 4.69) is 280 Å². The van der Waals surface area contributed by atoms with E-state index in [0.717, 1.165) is 102 Å². The van der Waals surface area contributed by atoms with Crippen molar-refractivity contribution in [3.05, 3.63) is 261 Å². The van der Waals surface area contributed by atoms with Crippen LogP contribution in [0, 0.1) is 0 Å². The Morgan fingerprint density at radius 1 is 0.297 bits per heavy atom. The number of anilines is 12. The van der Waals surface area contributed by atoms with E-state index in [9.17, 15) is 0 Å². The van der Waals surface area contributed by atoms with Crippen LogP contribution in [0.5, 0.6) is 23.3 Å². The third kappa shape index (κ3) is 6.60. The summed E-state index contributed by atoms with van der Waals surface area (Å²) in [7, 11) is 0. The molecule has 0 aliphatic carbocycles. The number of nitrogens with zero attached hydrogens (tertiary/aromatic N) is 5. The predicted octanol–water partition coefficient (Wildman–Crippen LogP) is 12.8. The lowest BCUT2D eigenvalue weighted by Crippen LogP contribution is -2.63. The average molecular weight is 948 g/mol. The van der Waals surface area contributed by atoms with Gasteiger partial charge in [0.1, 0.15) is 11.5 Å². The molecule has 0 spiro atoms. The minimum atomic E-state index is -0.207. The second kappa shape index (κ2) is 17.0. The van der Waals surface area contributed by atoms with Crippen molar-refractivity contribution in [3.8, 4) is 23.3 Å². The third-order valence-corrected chi connectivity index (χ3v) is 14.9. The maximum absolute atomic E-state index is 7.31. The van der Waals surface area contributed by atoms with E-state index < -0.39 is 0 Å². The molecule has 0 fully saturated rings. The van der Waals surface area contributed by atoms with Gasteiger partial charge < -0.3 is 29.1 Å². The van der Waals surface area contributed by atoms with Crippen molar-refractivity contribution in [1.82, 2.24) is 4.98 Å². The molecule has 1 aromatic heterocycles. The molecule has 7 nitrogen and oxygen atoms in total. The number of benzene rings is 10. The molecule has 4 aliphatic rings. The molecule has 0 amide bonds. The minimum absolute atomic E-state index is 0.207. The van der Waals surface area contributed by atoms with E-state index in [0.29, 0.717) is 11.8 Å². The van der Waals surface area contributed by atoms with E-state index in [1.54, 1.807) is 0 Å². The number of hydrogen-bond donors (Lipinski definition) is 0. The van der Waals surface area contributed by atoms with Crippen molar-refractivity contribution in [1.29, 1.82) is 0 Å². The zero-order valence-corrected chi connectivity index (χ0v) is 40.0. The van der Waals surface area contributed by atoms with Crippen LogP contribution in [-0.2, 0) is 0 Å². The van der Waals surface area contributed by atoms with Gasteiger partial charge in [0.25, 0.3) is 13.4 Å². The van der Waals surface area contributed by atoms with Crippen molar-refractivity contribution in [2.24, 2.45) is 0 Å². The number of aromatic nitrogens is 1. The van der Waals surface area contributed by atoms with Crippen LogP contribution in [0.1, 0.15) is 0 Å². The molecule has 0 atom stereocenters. The topological polar surface area (TPSA) is 44.3 Å². The summed E-state index contributed by atoms with van der Waals surface area (Å²) >= 11 is 0. The lowest BCUT2D eigenvalue weighted by molar-refractivity contribution is 0.432. The van der Waals surface area contributed by atoms with Gasteiger partial charge in [0.2, 0.25) is 11.8 Å². The Morgan fingerprint density at radius 3 is 0.986 bits per heavy atom. The normalized spacial score (nSPS) is 13.0. The van der Waals surface area contributed by atoms with Crippen LogP contribution in [0.25, 0.3) is 0 Å². The molecule has 4 aliphatic heterocycles. The van der Waals surface area contributed by atoms with Gasteiger partial charge >= 0.3 is 0 Å². The van der Waals surface area contributed by atoms with Crippen LogP contribution in [0.4, 0.5) is 68.2 Å². The van der Waals surface area contributed by atoms with Crippen molar-refractivity contribution in [3.63, 3.8) is 0 Å². The number of fused-ring (bicyclic) bond motifs is 8. The molecule has 0 N–H and O–H groups in total. The van der Waals surface area contributed by atoms with Crippen LogP contribution in [0.3, 0.4) is 0 Å². The summed E-state index contributed by atoms with van der Waals surface area (Å²) in [4.78, 5) is 14.9. The Morgan fingerprint density at radius 2 is 0.622 bits per heavy atom. The molecule has 74 heavy (non-hydrogen) atoms. The first kappa shape index (κ1) is 42.0. The Kier molecular flexibility index (Phi) is 9.63. The van der Waals surface area contributed by atoms with Gasteiger partial charge in [-0.1, -0.05) is 152 Å². The van der Waals surface area contributed by atoms with Gasteiger partial charge in [0.05, 0.1) is 11.4 Å².